The van der Waals surface area contributed by atoms with Gasteiger partial charge in [-0.15, -0.1) is 0 Å². The first-order valence-corrected chi connectivity index (χ1v) is 7.83. The van der Waals surface area contributed by atoms with Crippen LogP contribution < -0.4 is 9.47 Å². The lowest BCUT2D eigenvalue weighted by atomic mass is 9.96. The molecule has 0 saturated carbocycles. The van der Waals surface area contributed by atoms with Crippen molar-refractivity contribution in [1.82, 2.24) is 4.98 Å². The smallest absolute Gasteiger partial charge is 0.352 e. The van der Waals surface area contributed by atoms with Crippen molar-refractivity contribution in [2.45, 2.75) is 0 Å². The summed E-state index contributed by atoms with van der Waals surface area (Å²) in [5.74, 6) is -0.131. The summed E-state index contributed by atoms with van der Waals surface area (Å²) in [5, 5.41) is 9.48. The van der Waals surface area contributed by atoms with Gasteiger partial charge in [-0.2, -0.15) is 0 Å². The van der Waals surface area contributed by atoms with Crippen molar-refractivity contribution in [3.05, 3.63) is 71.5 Å². The molecule has 2 N–H and O–H groups in total. The molecule has 0 bridgehead atoms. The Labute approximate surface area is 150 Å². The quantitative estimate of drug-likeness (QED) is 0.662. The van der Waals surface area contributed by atoms with Crippen molar-refractivity contribution in [2.75, 3.05) is 14.2 Å². The molecule has 0 spiro atoms. The topological polar surface area (TPSA) is 88.6 Å². The van der Waals surface area contributed by atoms with Crippen molar-refractivity contribution in [3.8, 4) is 22.6 Å². The van der Waals surface area contributed by atoms with Crippen molar-refractivity contribution in [2.24, 2.45) is 0 Å². The number of nitrogens with one attached hydrogen (secondary N) is 1. The monoisotopic (exact) mass is 351 g/mol. The number of hydrogen-bond donors (Lipinski definition) is 2. The molecule has 3 rings (SSSR count). The maximum absolute atomic E-state index is 12.9. The molecule has 1 aromatic heterocycles. The molecule has 0 aliphatic heterocycles. The Morgan fingerprint density at radius 2 is 1.42 bits per heavy atom. The normalized spacial score (nSPS) is 10.4. The van der Waals surface area contributed by atoms with Crippen LogP contribution in [0.2, 0.25) is 0 Å². The van der Waals surface area contributed by atoms with Crippen LogP contribution in [0.1, 0.15) is 26.4 Å². The average molecular weight is 351 g/mol. The first-order chi connectivity index (χ1) is 12.5. The van der Waals surface area contributed by atoms with Gasteiger partial charge in [0.25, 0.3) is 0 Å². The fraction of sp³-hybridized carbons (Fsp3) is 0.100. The van der Waals surface area contributed by atoms with Crippen LogP contribution in [-0.4, -0.2) is 36.1 Å². The van der Waals surface area contributed by atoms with E-state index in [0.29, 0.717) is 28.2 Å². The minimum Gasteiger partial charge on any atom is -0.497 e. The molecule has 0 radical (unpaired) electrons. The summed E-state index contributed by atoms with van der Waals surface area (Å²) in [7, 11) is 3.09. The zero-order chi connectivity index (χ0) is 18.7. The fourth-order valence-corrected chi connectivity index (χ4v) is 2.73. The van der Waals surface area contributed by atoms with E-state index in [9.17, 15) is 14.7 Å². The van der Waals surface area contributed by atoms with E-state index in [1.54, 1.807) is 62.8 Å². The van der Waals surface area contributed by atoms with Crippen LogP contribution in [0.15, 0.2) is 54.7 Å². The number of benzene rings is 2. The molecule has 6 heteroatoms. The van der Waals surface area contributed by atoms with Crippen LogP contribution in [0, 0.1) is 0 Å². The number of rotatable bonds is 6. The molecule has 0 atom stereocenters. The minimum atomic E-state index is -1.13. The van der Waals surface area contributed by atoms with Gasteiger partial charge in [-0.25, -0.2) is 4.79 Å². The molecule has 0 aliphatic carbocycles. The summed E-state index contributed by atoms with van der Waals surface area (Å²) in [4.78, 5) is 27.2. The van der Waals surface area contributed by atoms with Gasteiger partial charge < -0.3 is 19.6 Å². The van der Waals surface area contributed by atoms with E-state index in [1.807, 2.05) is 0 Å². The molecule has 6 nitrogen and oxygen atoms in total. The number of methoxy groups -OCH3 is 2. The van der Waals surface area contributed by atoms with Gasteiger partial charge in [0.05, 0.1) is 14.2 Å². The lowest BCUT2D eigenvalue weighted by Crippen LogP contribution is -2.04. The van der Waals surface area contributed by atoms with Crippen molar-refractivity contribution >= 4 is 11.8 Å². The first kappa shape index (κ1) is 17.3. The lowest BCUT2D eigenvalue weighted by Gasteiger charge is -2.08. The fourth-order valence-electron chi connectivity index (χ4n) is 2.73. The Morgan fingerprint density at radius 3 is 1.92 bits per heavy atom. The second kappa shape index (κ2) is 7.14. The highest BCUT2D eigenvalue weighted by Gasteiger charge is 2.23. The second-order valence-corrected chi connectivity index (χ2v) is 5.54. The molecule has 0 unspecified atom stereocenters. The summed E-state index contributed by atoms with van der Waals surface area (Å²) < 4.78 is 10.2. The third-order valence-corrected chi connectivity index (χ3v) is 4.07. The highest BCUT2D eigenvalue weighted by atomic mass is 16.5. The molecule has 3 aromatic rings. The van der Waals surface area contributed by atoms with E-state index in [4.69, 9.17) is 9.47 Å². The van der Waals surface area contributed by atoms with E-state index >= 15 is 0 Å². The summed E-state index contributed by atoms with van der Waals surface area (Å²) in [5.41, 5.74) is 1.66. The summed E-state index contributed by atoms with van der Waals surface area (Å²) in [6.07, 6.45) is 1.43. The molecule has 132 valence electrons. The maximum atomic E-state index is 12.9. The van der Waals surface area contributed by atoms with E-state index in [-0.39, 0.29) is 17.0 Å². The molecule has 1 heterocycles. The average Bonchev–Trinajstić information content (AvgIpc) is 3.13. The zero-order valence-corrected chi connectivity index (χ0v) is 14.3. The molecule has 0 saturated heterocycles. The molecule has 0 aliphatic rings. The molecular formula is C20H17NO5. The van der Waals surface area contributed by atoms with Crippen LogP contribution in [0.25, 0.3) is 11.1 Å². The number of aromatic nitrogens is 1. The van der Waals surface area contributed by atoms with E-state index in [2.05, 4.69) is 4.98 Å². The minimum absolute atomic E-state index is 0.0352. The number of ether oxygens (including phenoxy) is 2. The number of ketones is 1. The number of aromatic carboxylic acids is 1. The Bertz CT molecular complexity index is 939. The Balaban J connectivity index is 2.09. The Hall–Kier alpha value is -3.54. The highest BCUT2D eigenvalue weighted by Crippen LogP contribution is 2.31. The standard InChI is InChI=1S/C20H17NO5/c1-25-14-7-3-12(4-8-14)17-16(11-21-18(17)20(23)24)19(22)13-5-9-15(26-2)10-6-13/h3-11,21H,1-2H3,(H,23,24). The van der Waals surface area contributed by atoms with E-state index < -0.39 is 5.97 Å². The van der Waals surface area contributed by atoms with Gasteiger partial charge in [-0.3, -0.25) is 4.79 Å². The van der Waals surface area contributed by atoms with E-state index in [0.717, 1.165) is 0 Å². The maximum Gasteiger partial charge on any atom is 0.352 e. The van der Waals surface area contributed by atoms with Crippen LogP contribution in [0.5, 0.6) is 11.5 Å². The molecular weight excluding hydrogens is 334 g/mol. The van der Waals surface area contributed by atoms with Crippen LogP contribution in [0.4, 0.5) is 0 Å². The van der Waals surface area contributed by atoms with E-state index in [1.165, 1.54) is 6.20 Å². The third kappa shape index (κ3) is 3.17. The summed E-state index contributed by atoms with van der Waals surface area (Å²) in [6, 6.07) is 13.5. The number of carboxylic acid groups (broad SMARTS) is 1. The lowest BCUT2D eigenvalue weighted by molar-refractivity contribution is 0.0692. The summed E-state index contributed by atoms with van der Waals surface area (Å²) >= 11 is 0. The van der Waals surface area contributed by atoms with Crippen LogP contribution in [0.3, 0.4) is 0 Å². The first-order valence-electron chi connectivity index (χ1n) is 7.83. The number of carboxylic acids is 1. The zero-order valence-electron chi connectivity index (χ0n) is 14.3. The van der Waals surface area contributed by atoms with Gasteiger partial charge in [0, 0.05) is 22.9 Å². The number of carbonyl (C=O) groups is 2. The van der Waals surface area contributed by atoms with Gasteiger partial charge in [0.2, 0.25) is 0 Å². The molecule has 0 fully saturated rings. The largest absolute Gasteiger partial charge is 0.497 e. The van der Waals surface area contributed by atoms with Gasteiger partial charge in [-0.1, -0.05) is 12.1 Å². The number of hydrogen-bond acceptors (Lipinski definition) is 4. The Morgan fingerprint density at radius 1 is 0.885 bits per heavy atom. The molecule has 0 amide bonds. The number of H-pyrrole nitrogens is 1. The van der Waals surface area contributed by atoms with Crippen molar-refractivity contribution in [3.63, 3.8) is 0 Å². The molecule has 2 aromatic carbocycles. The van der Waals surface area contributed by atoms with Crippen LogP contribution in [-0.2, 0) is 0 Å². The number of aromatic amines is 1. The Kier molecular flexibility index (Phi) is 4.75. The predicted molar refractivity (Wildman–Crippen MR) is 96.2 cm³/mol. The van der Waals surface area contributed by atoms with Crippen LogP contribution >= 0.6 is 0 Å². The molecule has 26 heavy (non-hydrogen) atoms. The summed E-state index contributed by atoms with van der Waals surface area (Å²) in [6.45, 7) is 0. The highest BCUT2D eigenvalue weighted by molar-refractivity contribution is 6.15. The van der Waals surface area contributed by atoms with Gasteiger partial charge in [0.1, 0.15) is 17.2 Å². The number of carbonyl (C=O) groups excluding carboxylic acids is 1. The SMILES string of the molecule is COc1ccc(C(=O)c2c[nH]c(C(=O)O)c2-c2ccc(OC)cc2)cc1. The van der Waals surface area contributed by atoms with Gasteiger partial charge >= 0.3 is 5.97 Å². The van der Waals surface area contributed by atoms with Gasteiger partial charge in [0.15, 0.2) is 5.78 Å². The second-order valence-electron chi connectivity index (χ2n) is 5.54. The van der Waals surface area contributed by atoms with Crippen molar-refractivity contribution in [1.29, 1.82) is 0 Å². The van der Waals surface area contributed by atoms with Crippen molar-refractivity contribution < 1.29 is 24.2 Å². The predicted octanol–water partition coefficient (Wildman–Crippen LogP) is 3.63. The van der Waals surface area contributed by atoms with Gasteiger partial charge in [-0.05, 0) is 42.0 Å². The third-order valence-electron chi connectivity index (χ3n) is 4.07.